The van der Waals surface area contributed by atoms with E-state index in [1.807, 2.05) is 6.92 Å². The van der Waals surface area contributed by atoms with Crippen LogP contribution in [0.3, 0.4) is 0 Å². The van der Waals surface area contributed by atoms with Gasteiger partial charge in [0.2, 0.25) is 0 Å². The molecule has 1 aliphatic rings. The van der Waals surface area contributed by atoms with E-state index in [2.05, 4.69) is 35.9 Å². The normalized spacial score (nSPS) is 20.1. The van der Waals surface area contributed by atoms with Crippen molar-refractivity contribution in [2.45, 2.75) is 38.7 Å². The SMILES string of the molecule is CCc1ccc(C2CC(OC(=O)OC)CN(C(=O)N(C)CC)C2)cc1. The molecule has 0 N–H and O–H groups in total. The second kappa shape index (κ2) is 8.74. The van der Waals surface area contributed by atoms with Crippen molar-refractivity contribution in [2.24, 2.45) is 0 Å². The number of piperidine rings is 1. The maximum absolute atomic E-state index is 12.6. The smallest absolute Gasteiger partial charge is 0.438 e. The minimum Gasteiger partial charge on any atom is -0.438 e. The zero-order valence-electron chi connectivity index (χ0n) is 15.5. The van der Waals surface area contributed by atoms with Crippen molar-refractivity contribution >= 4 is 12.2 Å². The molecule has 0 spiro atoms. The summed E-state index contributed by atoms with van der Waals surface area (Å²) in [5, 5.41) is 0. The van der Waals surface area contributed by atoms with Crippen LogP contribution in [0.25, 0.3) is 0 Å². The molecule has 0 aliphatic carbocycles. The van der Waals surface area contributed by atoms with E-state index in [1.165, 1.54) is 12.7 Å². The minimum absolute atomic E-state index is 0.0455. The van der Waals surface area contributed by atoms with Gasteiger partial charge in [0.15, 0.2) is 0 Å². The molecule has 2 atom stereocenters. The first kappa shape index (κ1) is 19.1. The van der Waals surface area contributed by atoms with Crippen LogP contribution in [0.4, 0.5) is 9.59 Å². The molecule has 0 bridgehead atoms. The van der Waals surface area contributed by atoms with Gasteiger partial charge in [-0.1, -0.05) is 31.2 Å². The third-order valence-electron chi connectivity index (χ3n) is 4.77. The van der Waals surface area contributed by atoms with Crippen LogP contribution in [0, 0.1) is 0 Å². The summed E-state index contributed by atoms with van der Waals surface area (Å²) in [7, 11) is 3.07. The number of carbonyl (C=O) groups is 2. The van der Waals surface area contributed by atoms with Crippen molar-refractivity contribution in [1.82, 2.24) is 9.80 Å². The standard InChI is InChI=1S/C19H28N2O4/c1-5-14-7-9-15(10-8-14)16-11-17(25-19(23)24-4)13-21(12-16)18(22)20(3)6-2/h7-10,16-17H,5-6,11-13H2,1-4H3. The fourth-order valence-electron chi connectivity index (χ4n) is 3.12. The number of likely N-dealkylation sites (tertiary alicyclic amines) is 1. The molecule has 1 aromatic carbocycles. The van der Waals surface area contributed by atoms with Crippen LogP contribution < -0.4 is 0 Å². The first-order valence-electron chi connectivity index (χ1n) is 8.81. The molecule has 6 nitrogen and oxygen atoms in total. The predicted molar refractivity (Wildman–Crippen MR) is 95.7 cm³/mol. The van der Waals surface area contributed by atoms with Crippen LogP contribution in [0.15, 0.2) is 24.3 Å². The highest BCUT2D eigenvalue weighted by Crippen LogP contribution is 2.29. The van der Waals surface area contributed by atoms with E-state index >= 15 is 0 Å². The molecule has 25 heavy (non-hydrogen) atoms. The molecule has 1 fully saturated rings. The van der Waals surface area contributed by atoms with E-state index in [0.717, 1.165) is 12.0 Å². The van der Waals surface area contributed by atoms with Gasteiger partial charge in [0.1, 0.15) is 6.10 Å². The number of amides is 2. The molecular weight excluding hydrogens is 320 g/mol. The van der Waals surface area contributed by atoms with Crippen LogP contribution >= 0.6 is 0 Å². The number of benzene rings is 1. The van der Waals surface area contributed by atoms with Gasteiger partial charge >= 0.3 is 12.2 Å². The van der Waals surface area contributed by atoms with Crippen molar-refractivity contribution in [1.29, 1.82) is 0 Å². The van der Waals surface area contributed by atoms with Crippen LogP contribution in [0.2, 0.25) is 0 Å². The van der Waals surface area contributed by atoms with Gasteiger partial charge in [-0.25, -0.2) is 9.59 Å². The van der Waals surface area contributed by atoms with Gasteiger partial charge in [-0.15, -0.1) is 0 Å². The zero-order valence-corrected chi connectivity index (χ0v) is 15.5. The summed E-state index contributed by atoms with van der Waals surface area (Å²) >= 11 is 0. The van der Waals surface area contributed by atoms with Gasteiger partial charge in [-0.3, -0.25) is 0 Å². The van der Waals surface area contributed by atoms with Crippen LogP contribution in [-0.2, 0) is 15.9 Å². The van der Waals surface area contributed by atoms with Gasteiger partial charge < -0.3 is 19.3 Å². The highest BCUT2D eigenvalue weighted by atomic mass is 16.7. The Bertz CT molecular complexity index is 588. The molecule has 6 heteroatoms. The summed E-state index contributed by atoms with van der Waals surface area (Å²) in [5.41, 5.74) is 2.44. The molecule has 2 rings (SSSR count). The number of urea groups is 1. The lowest BCUT2D eigenvalue weighted by Gasteiger charge is -2.38. The van der Waals surface area contributed by atoms with E-state index < -0.39 is 6.16 Å². The summed E-state index contributed by atoms with van der Waals surface area (Å²) < 4.78 is 9.97. The third-order valence-corrected chi connectivity index (χ3v) is 4.77. The number of aryl methyl sites for hydroxylation is 1. The summed E-state index contributed by atoms with van der Waals surface area (Å²) in [6.07, 6.45) is 0.597. The highest BCUT2D eigenvalue weighted by Gasteiger charge is 2.34. The summed E-state index contributed by atoms with van der Waals surface area (Å²) in [5.74, 6) is 0.128. The Morgan fingerprint density at radius 2 is 1.88 bits per heavy atom. The van der Waals surface area contributed by atoms with Crippen LogP contribution in [-0.4, -0.2) is 61.9 Å². The third kappa shape index (κ3) is 4.87. The maximum atomic E-state index is 12.6. The van der Waals surface area contributed by atoms with Gasteiger partial charge in [-0.05, 0) is 30.9 Å². The van der Waals surface area contributed by atoms with E-state index in [-0.39, 0.29) is 18.1 Å². The summed E-state index contributed by atoms with van der Waals surface area (Å²) in [6.45, 7) is 5.70. The fraction of sp³-hybridized carbons (Fsp3) is 0.579. The minimum atomic E-state index is -0.705. The Balaban J connectivity index is 2.18. The molecule has 0 saturated carbocycles. The molecule has 1 aliphatic heterocycles. The Labute approximate surface area is 149 Å². The lowest BCUT2D eigenvalue weighted by molar-refractivity contribution is 0.00363. The number of ether oxygens (including phenoxy) is 2. The number of hydrogen-bond donors (Lipinski definition) is 0. The van der Waals surface area contributed by atoms with Crippen molar-refractivity contribution in [3.8, 4) is 0 Å². The Hall–Kier alpha value is -2.24. The first-order chi connectivity index (χ1) is 12.0. The van der Waals surface area contributed by atoms with Crippen molar-refractivity contribution in [3.63, 3.8) is 0 Å². The number of rotatable bonds is 4. The molecule has 1 saturated heterocycles. The Morgan fingerprint density at radius 1 is 1.20 bits per heavy atom. The van der Waals surface area contributed by atoms with E-state index in [4.69, 9.17) is 4.74 Å². The van der Waals surface area contributed by atoms with Gasteiger partial charge in [0.25, 0.3) is 0 Å². The quantitative estimate of drug-likeness (QED) is 0.784. The summed E-state index contributed by atoms with van der Waals surface area (Å²) in [4.78, 5) is 27.5. The lowest BCUT2D eigenvalue weighted by atomic mass is 9.88. The Kier molecular flexibility index (Phi) is 6.67. The maximum Gasteiger partial charge on any atom is 0.508 e. The largest absolute Gasteiger partial charge is 0.508 e. The fourth-order valence-corrected chi connectivity index (χ4v) is 3.12. The van der Waals surface area contributed by atoms with E-state index in [0.29, 0.717) is 26.1 Å². The Morgan fingerprint density at radius 3 is 2.44 bits per heavy atom. The average Bonchev–Trinajstić information content (AvgIpc) is 2.66. The molecule has 2 unspecified atom stereocenters. The number of methoxy groups -OCH3 is 1. The molecule has 138 valence electrons. The van der Waals surface area contributed by atoms with Crippen molar-refractivity contribution < 1.29 is 19.1 Å². The molecular formula is C19H28N2O4. The van der Waals surface area contributed by atoms with Gasteiger partial charge in [-0.2, -0.15) is 0 Å². The topological polar surface area (TPSA) is 59.1 Å². The summed E-state index contributed by atoms with van der Waals surface area (Å²) in [6, 6.07) is 8.40. The molecule has 1 aromatic rings. The van der Waals surface area contributed by atoms with Crippen LogP contribution in [0.1, 0.15) is 37.3 Å². The molecule has 2 amide bonds. The highest BCUT2D eigenvalue weighted by molar-refractivity contribution is 5.74. The first-order valence-corrected chi connectivity index (χ1v) is 8.81. The van der Waals surface area contributed by atoms with Crippen molar-refractivity contribution in [3.05, 3.63) is 35.4 Å². The predicted octanol–water partition coefficient (Wildman–Crippen LogP) is 3.26. The number of nitrogens with zero attached hydrogens (tertiary/aromatic N) is 2. The van der Waals surface area contributed by atoms with Gasteiger partial charge in [0, 0.05) is 26.1 Å². The number of hydrogen-bond acceptors (Lipinski definition) is 4. The lowest BCUT2D eigenvalue weighted by Crippen LogP contribution is -2.50. The zero-order chi connectivity index (χ0) is 18.4. The van der Waals surface area contributed by atoms with Crippen molar-refractivity contribution in [2.75, 3.05) is 33.8 Å². The average molecular weight is 348 g/mol. The molecule has 0 aromatic heterocycles. The van der Waals surface area contributed by atoms with E-state index in [1.54, 1.807) is 16.8 Å². The second-order valence-corrected chi connectivity index (χ2v) is 6.42. The molecule has 1 heterocycles. The van der Waals surface area contributed by atoms with Crippen LogP contribution in [0.5, 0.6) is 0 Å². The second-order valence-electron chi connectivity index (χ2n) is 6.42. The molecule has 0 radical (unpaired) electrons. The number of carbonyl (C=O) groups excluding carboxylic acids is 2. The van der Waals surface area contributed by atoms with Gasteiger partial charge in [0.05, 0.1) is 13.7 Å². The van der Waals surface area contributed by atoms with E-state index in [9.17, 15) is 9.59 Å². The monoisotopic (exact) mass is 348 g/mol.